The van der Waals surface area contributed by atoms with Crippen LogP contribution in [-0.2, 0) is 0 Å². The molecular formula is C42H26O. The maximum absolute atomic E-state index is 8.80. The lowest BCUT2D eigenvalue weighted by Gasteiger charge is -2.18. The van der Waals surface area contributed by atoms with Crippen molar-refractivity contribution in [3.05, 3.63) is 158 Å². The number of rotatable bonds is 3. The average molecular weight is 552 g/mol. The Hall–Kier alpha value is -5.66. The lowest BCUT2D eigenvalue weighted by Crippen LogP contribution is -1.92. The van der Waals surface area contributed by atoms with Crippen LogP contribution in [0.1, 0.15) is 6.85 Å². The van der Waals surface area contributed by atoms with Gasteiger partial charge in [0.1, 0.15) is 11.2 Å². The predicted molar refractivity (Wildman–Crippen MR) is 183 cm³/mol. The van der Waals surface area contributed by atoms with Gasteiger partial charge in [-0.1, -0.05) is 139 Å². The summed E-state index contributed by atoms with van der Waals surface area (Å²) in [5, 5.41) is 8.26. The van der Waals surface area contributed by atoms with Crippen LogP contribution < -0.4 is 0 Å². The van der Waals surface area contributed by atoms with Crippen LogP contribution in [0.5, 0.6) is 0 Å². The first kappa shape index (κ1) is 19.5. The van der Waals surface area contributed by atoms with E-state index in [-0.39, 0.29) is 29.7 Å². The molecule has 200 valence electrons. The third-order valence-electron chi connectivity index (χ3n) is 8.53. The molecule has 1 heterocycles. The first-order valence-electron chi connectivity index (χ1n) is 16.9. The van der Waals surface area contributed by atoms with Crippen LogP contribution in [0, 0.1) is 0 Å². The summed E-state index contributed by atoms with van der Waals surface area (Å²) >= 11 is 0. The van der Waals surface area contributed by atoms with E-state index < -0.39 is 6.04 Å². The fourth-order valence-corrected chi connectivity index (χ4v) is 6.69. The molecule has 0 saturated heterocycles. The molecule has 9 aromatic rings. The molecule has 9 rings (SSSR count). The van der Waals surface area contributed by atoms with Gasteiger partial charge in [-0.2, -0.15) is 0 Å². The van der Waals surface area contributed by atoms with Crippen molar-refractivity contribution in [3.8, 4) is 33.4 Å². The van der Waals surface area contributed by atoms with Crippen molar-refractivity contribution >= 4 is 54.3 Å². The number of benzene rings is 8. The Morgan fingerprint density at radius 3 is 1.74 bits per heavy atom. The molecular weight excluding hydrogens is 520 g/mol. The summed E-state index contributed by atoms with van der Waals surface area (Å²) in [5.74, 6) is 0. The van der Waals surface area contributed by atoms with Crippen molar-refractivity contribution in [2.45, 2.75) is 0 Å². The van der Waals surface area contributed by atoms with Crippen LogP contribution in [0.2, 0.25) is 0 Å². The van der Waals surface area contributed by atoms with Gasteiger partial charge in [-0.3, -0.25) is 0 Å². The minimum Gasteiger partial charge on any atom is -0.455 e. The van der Waals surface area contributed by atoms with Crippen LogP contribution in [0.3, 0.4) is 0 Å². The van der Waals surface area contributed by atoms with E-state index >= 15 is 0 Å². The number of furan rings is 1. The van der Waals surface area contributed by atoms with Gasteiger partial charge in [0.25, 0.3) is 0 Å². The Morgan fingerprint density at radius 2 is 1.02 bits per heavy atom. The van der Waals surface area contributed by atoms with Crippen molar-refractivity contribution in [2.24, 2.45) is 0 Å². The van der Waals surface area contributed by atoms with Crippen molar-refractivity contribution in [1.29, 1.82) is 0 Å². The van der Waals surface area contributed by atoms with E-state index in [0.717, 1.165) is 49.2 Å². The molecule has 8 aromatic carbocycles. The van der Waals surface area contributed by atoms with Gasteiger partial charge in [0.15, 0.2) is 0 Å². The minimum absolute atomic E-state index is 0.158. The fraction of sp³-hybridized carbons (Fsp3) is 0. The van der Waals surface area contributed by atoms with Crippen molar-refractivity contribution in [3.63, 3.8) is 0 Å². The molecule has 1 heteroatoms. The molecule has 0 fully saturated rings. The molecule has 0 spiro atoms. The van der Waals surface area contributed by atoms with Crippen molar-refractivity contribution < 1.29 is 11.3 Å². The van der Waals surface area contributed by atoms with Crippen LogP contribution >= 0.6 is 0 Å². The smallest absolute Gasteiger partial charge is 0.143 e. The van der Waals surface area contributed by atoms with Gasteiger partial charge in [-0.15, -0.1) is 0 Å². The molecule has 43 heavy (non-hydrogen) atoms. The second-order valence-electron chi connectivity index (χ2n) is 10.9. The van der Waals surface area contributed by atoms with Crippen LogP contribution in [0.25, 0.3) is 87.6 Å². The first-order chi connectivity index (χ1) is 23.4. The minimum atomic E-state index is -0.414. The lowest BCUT2D eigenvalue weighted by molar-refractivity contribution is 0.670. The maximum atomic E-state index is 8.80. The van der Waals surface area contributed by atoms with Crippen LogP contribution in [0.15, 0.2) is 162 Å². The Balaban J connectivity index is 1.42. The summed E-state index contributed by atoms with van der Waals surface area (Å²) in [7, 11) is 0. The quantitative estimate of drug-likeness (QED) is 0.199. The molecule has 0 amide bonds. The van der Waals surface area contributed by atoms with Gasteiger partial charge in [-0.05, 0) is 72.8 Å². The first-order valence-corrected chi connectivity index (χ1v) is 14.4. The lowest BCUT2D eigenvalue weighted by atomic mass is 9.84. The molecule has 0 radical (unpaired) electrons. The van der Waals surface area contributed by atoms with Gasteiger partial charge in [-0.25, -0.2) is 0 Å². The highest BCUT2D eigenvalue weighted by molar-refractivity contribution is 6.25. The molecule has 0 saturated carbocycles. The molecule has 0 unspecified atom stereocenters. The summed E-state index contributed by atoms with van der Waals surface area (Å²) in [6, 6.07) is 41.9. The maximum Gasteiger partial charge on any atom is 0.143 e. The normalized spacial score (nSPS) is 13.3. The fourth-order valence-electron chi connectivity index (χ4n) is 6.69. The van der Waals surface area contributed by atoms with E-state index in [1.165, 1.54) is 10.8 Å². The molecule has 1 nitrogen and oxygen atoms in total. The molecule has 0 bridgehead atoms. The zero-order valence-electron chi connectivity index (χ0n) is 28.0. The Bertz CT molecular complexity index is 2710. The van der Waals surface area contributed by atoms with E-state index in [9.17, 15) is 0 Å². The number of hydrogen-bond donors (Lipinski definition) is 0. The standard InChI is InChI=1S/C42H26O/c1-2-13-28(14-3-1)31-24-25-37(42-41(31)36-20-10-11-21-38(36)43-42)40-34-18-8-6-16-32(34)39(33-17-7-9-19-35(33)40)30-23-22-27-12-4-5-15-29(27)26-30/h1-26H/i1D,2D,3D,13D,14D. The van der Waals surface area contributed by atoms with Gasteiger partial charge in [0.05, 0.1) is 6.85 Å². The van der Waals surface area contributed by atoms with Crippen LogP contribution in [0.4, 0.5) is 0 Å². The second-order valence-corrected chi connectivity index (χ2v) is 10.9. The molecule has 0 N–H and O–H groups in total. The molecule has 0 aliphatic carbocycles. The molecule has 1 aromatic heterocycles. The van der Waals surface area contributed by atoms with E-state index in [1.54, 1.807) is 0 Å². The highest BCUT2D eigenvalue weighted by Gasteiger charge is 2.22. The second kappa shape index (κ2) is 9.44. The average Bonchev–Trinajstić information content (AvgIpc) is 3.52. The predicted octanol–water partition coefficient (Wildman–Crippen LogP) is 12.0. The van der Waals surface area contributed by atoms with Crippen molar-refractivity contribution in [2.75, 3.05) is 0 Å². The Labute approximate surface area is 256 Å². The zero-order valence-corrected chi connectivity index (χ0v) is 23.0. The largest absolute Gasteiger partial charge is 0.455 e. The third kappa shape index (κ3) is 3.65. The summed E-state index contributed by atoms with van der Waals surface area (Å²) in [4.78, 5) is 0. The Kier molecular flexibility index (Phi) is 4.27. The van der Waals surface area contributed by atoms with Gasteiger partial charge in [0, 0.05) is 21.9 Å². The highest BCUT2D eigenvalue weighted by atomic mass is 16.3. The van der Waals surface area contributed by atoms with E-state index in [1.807, 2.05) is 36.4 Å². The van der Waals surface area contributed by atoms with Gasteiger partial charge in [0.2, 0.25) is 0 Å². The third-order valence-corrected chi connectivity index (χ3v) is 8.53. The van der Waals surface area contributed by atoms with Crippen LogP contribution in [-0.4, -0.2) is 0 Å². The van der Waals surface area contributed by atoms with E-state index in [2.05, 4.69) is 91.0 Å². The number of para-hydroxylation sites is 1. The zero-order chi connectivity index (χ0) is 32.7. The topological polar surface area (TPSA) is 13.1 Å². The van der Waals surface area contributed by atoms with E-state index in [4.69, 9.17) is 11.3 Å². The molecule has 0 atom stereocenters. The number of hydrogen-bond acceptors (Lipinski definition) is 1. The van der Waals surface area contributed by atoms with Gasteiger partial charge < -0.3 is 4.42 Å². The van der Waals surface area contributed by atoms with Gasteiger partial charge >= 0.3 is 0 Å². The summed E-state index contributed by atoms with van der Waals surface area (Å²) in [6.07, 6.45) is 0. The van der Waals surface area contributed by atoms with Crippen molar-refractivity contribution in [1.82, 2.24) is 0 Å². The summed E-state index contributed by atoms with van der Waals surface area (Å²) < 4.78 is 49.2. The highest BCUT2D eigenvalue weighted by Crippen LogP contribution is 2.48. The monoisotopic (exact) mass is 551 g/mol. The molecule has 0 aliphatic rings. The molecule has 0 aliphatic heterocycles. The summed E-state index contributed by atoms with van der Waals surface area (Å²) in [5.41, 5.74) is 6.15. The van der Waals surface area contributed by atoms with E-state index in [0.29, 0.717) is 22.1 Å². The Morgan fingerprint density at radius 1 is 0.442 bits per heavy atom. The SMILES string of the molecule is [2H]c1c([2H])c([2H])c(-c2ccc(-c3c4ccccc4c(-c4ccc5ccccc5c4)c4ccccc34)c3oc4ccccc4c23)c([2H])c1[2H]. The summed E-state index contributed by atoms with van der Waals surface area (Å²) in [6.45, 7) is 0. The number of fused-ring (bicyclic) bond motifs is 6.